The summed E-state index contributed by atoms with van der Waals surface area (Å²) in [7, 11) is 3.82. The number of nitrogens with zero attached hydrogens (tertiary/aromatic N) is 3. The lowest BCUT2D eigenvalue weighted by Crippen LogP contribution is -2.30. The molecule has 1 aromatic heterocycles. The smallest absolute Gasteiger partial charge is 0.268 e. The lowest BCUT2D eigenvalue weighted by atomic mass is 10.1. The van der Waals surface area contributed by atoms with E-state index in [1.54, 1.807) is 16.9 Å². The molecule has 1 rings (SSSR count). The van der Waals surface area contributed by atoms with Gasteiger partial charge < -0.3 is 10.2 Å². The minimum absolute atomic E-state index is 0.0224. The van der Waals surface area contributed by atoms with Gasteiger partial charge in [-0.2, -0.15) is 5.10 Å². The predicted octanol–water partition coefficient (Wildman–Crippen LogP) is 1.87. The summed E-state index contributed by atoms with van der Waals surface area (Å²) in [4.78, 5) is 13.8. The van der Waals surface area contributed by atoms with Crippen molar-refractivity contribution in [3.8, 4) is 0 Å². The fourth-order valence-corrected chi connectivity index (χ4v) is 2.12. The van der Waals surface area contributed by atoms with Crippen LogP contribution in [0.4, 0.5) is 5.69 Å². The Labute approximate surface area is 122 Å². The molecule has 1 aromatic rings. The Morgan fingerprint density at radius 2 is 2.15 bits per heavy atom. The van der Waals surface area contributed by atoms with Crippen molar-refractivity contribution in [2.24, 2.45) is 0 Å². The maximum absolute atomic E-state index is 11.9. The van der Waals surface area contributed by atoms with Crippen molar-refractivity contribution < 1.29 is 0 Å². The summed E-state index contributed by atoms with van der Waals surface area (Å²) in [5, 5.41) is 7.76. The van der Waals surface area contributed by atoms with Gasteiger partial charge in [0.15, 0.2) is 0 Å². The molecule has 0 saturated carbocycles. The van der Waals surface area contributed by atoms with Gasteiger partial charge in [0.2, 0.25) is 0 Å². The first-order valence-corrected chi connectivity index (χ1v) is 7.56. The van der Waals surface area contributed by atoms with Gasteiger partial charge in [-0.05, 0) is 32.2 Å². The van der Waals surface area contributed by atoms with E-state index < -0.39 is 0 Å². The van der Waals surface area contributed by atoms with Crippen molar-refractivity contribution >= 4 is 5.69 Å². The molecule has 0 aromatic carbocycles. The summed E-state index contributed by atoms with van der Waals surface area (Å²) in [5.41, 5.74) is 0.827. The normalized spacial score (nSPS) is 12.4. The molecule has 20 heavy (non-hydrogen) atoms. The predicted molar refractivity (Wildman–Crippen MR) is 84.4 cm³/mol. The van der Waals surface area contributed by atoms with Crippen LogP contribution in [0.2, 0.25) is 0 Å². The fraction of sp³-hybridized carbons (Fsp3) is 0.733. The van der Waals surface area contributed by atoms with E-state index in [0.717, 1.165) is 37.9 Å². The molecule has 1 atom stereocenters. The summed E-state index contributed by atoms with van der Waals surface area (Å²) in [6, 6.07) is 2.19. The fourth-order valence-electron chi connectivity index (χ4n) is 2.12. The van der Waals surface area contributed by atoms with Crippen LogP contribution in [-0.4, -0.2) is 36.5 Å². The Morgan fingerprint density at radius 3 is 2.70 bits per heavy atom. The highest BCUT2D eigenvalue weighted by molar-refractivity contribution is 5.40. The SMILES string of the molecule is CCCNC(CC)CCCn1ncc(N(C)C)cc1=O. The first-order valence-electron chi connectivity index (χ1n) is 7.56. The van der Waals surface area contributed by atoms with Crippen LogP contribution in [-0.2, 0) is 6.54 Å². The van der Waals surface area contributed by atoms with Gasteiger partial charge >= 0.3 is 0 Å². The molecule has 5 nitrogen and oxygen atoms in total. The van der Waals surface area contributed by atoms with E-state index in [0.29, 0.717) is 12.6 Å². The van der Waals surface area contributed by atoms with Crippen LogP contribution in [0, 0.1) is 0 Å². The lowest BCUT2D eigenvalue weighted by Gasteiger charge is -2.16. The molecule has 0 spiro atoms. The van der Waals surface area contributed by atoms with Gasteiger partial charge in [-0.15, -0.1) is 0 Å². The Kier molecular flexibility index (Phi) is 7.30. The van der Waals surface area contributed by atoms with Gasteiger partial charge in [-0.25, -0.2) is 4.68 Å². The molecule has 114 valence electrons. The molecule has 1 unspecified atom stereocenters. The molecule has 0 bridgehead atoms. The van der Waals surface area contributed by atoms with Gasteiger partial charge in [0.1, 0.15) is 0 Å². The molecule has 0 aliphatic rings. The summed E-state index contributed by atoms with van der Waals surface area (Å²) < 4.78 is 1.56. The lowest BCUT2D eigenvalue weighted by molar-refractivity contribution is 0.426. The molecule has 0 saturated heterocycles. The first kappa shape index (κ1) is 16.7. The van der Waals surface area contributed by atoms with Crippen molar-refractivity contribution in [1.82, 2.24) is 15.1 Å². The summed E-state index contributed by atoms with van der Waals surface area (Å²) in [6.45, 7) is 6.13. The average Bonchev–Trinajstić information content (AvgIpc) is 2.43. The van der Waals surface area contributed by atoms with Crippen LogP contribution in [0.1, 0.15) is 39.5 Å². The summed E-state index contributed by atoms with van der Waals surface area (Å²) in [5.74, 6) is 0. The van der Waals surface area contributed by atoms with Crippen molar-refractivity contribution in [2.75, 3.05) is 25.5 Å². The third kappa shape index (κ3) is 5.33. The number of anilines is 1. The standard InChI is InChI=1S/C15H28N4O/c1-5-9-16-13(6-2)8-7-10-19-15(20)11-14(12-17-19)18(3)4/h11-13,16H,5-10H2,1-4H3. The third-order valence-corrected chi connectivity index (χ3v) is 3.47. The van der Waals surface area contributed by atoms with E-state index in [4.69, 9.17) is 0 Å². The highest BCUT2D eigenvalue weighted by Gasteiger charge is 2.06. The van der Waals surface area contributed by atoms with E-state index in [9.17, 15) is 4.79 Å². The largest absolute Gasteiger partial charge is 0.376 e. The van der Waals surface area contributed by atoms with Crippen LogP contribution >= 0.6 is 0 Å². The Bertz CT molecular complexity index is 442. The zero-order chi connectivity index (χ0) is 15.0. The molecule has 0 amide bonds. The Morgan fingerprint density at radius 1 is 1.40 bits per heavy atom. The monoisotopic (exact) mass is 280 g/mol. The highest BCUT2D eigenvalue weighted by Crippen LogP contribution is 2.05. The van der Waals surface area contributed by atoms with Crippen LogP contribution in [0.5, 0.6) is 0 Å². The molecular weight excluding hydrogens is 252 g/mol. The third-order valence-electron chi connectivity index (χ3n) is 3.47. The quantitative estimate of drug-likeness (QED) is 0.750. The number of rotatable bonds is 9. The second-order valence-electron chi connectivity index (χ2n) is 5.37. The molecule has 5 heteroatoms. The minimum atomic E-state index is -0.0224. The molecule has 1 heterocycles. The zero-order valence-corrected chi connectivity index (χ0v) is 13.2. The first-order chi connectivity index (χ1) is 9.58. The van der Waals surface area contributed by atoms with E-state index in [1.165, 1.54) is 0 Å². The van der Waals surface area contributed by atoms with E-state index in [1.807, 2.05) is 19.0 Å². The second-order valence-corrected chi connectivity index (χ2v) is 5.37. The number of nitrogens with one attached hydrogen (secondary N) is 1. The molecule has 1 N–H and O–H groups in total. The van der Waals surface area contributed by atoms with Crippen LogP contribution in [0.25, 0.3) is 0 Å². The maximum atomic E-state index is 11.9. The van der Waals surface area contributed by atoms with Gasteiger partial charge in [-0.1, -0.05) is 13.8 Å². The van der Waals surface area contributed by atoms with Gasteiger partial charge in [0.25, 0.3) is 5.56 Å². The van der Waals surface area contributed by atoms with Crippen molar-refractivity contribution in [1.29, 1.82) is 0 Å². The van der Waals surface area contributed by atoms with Crippen LogP contribution in [0.15, 0.2) is 17.1 Å². The van der Waals surface area contributed by atoms with Crippen molar-refractivity contribution in [2.45, 2.75) is 52.1 Å². The number of hydrogen-bond acceptors (Lipinski definition) is 4. The van der Waals surface area contributed by atoms with Gasteiger partial charge in [0.05, 0.1) is 11.9 Å². The van der Waals surface area contributed by atoms with Gasteiger partial charge in [-0.3, -0.25) is 4.79 Å². The highest BCUT2D eigenvalue weighted by atomic mass is 16.1. The zero-order valence-electron chi connectivity index (χ0n) is 13.2. The summed E-state index contributed by atoms with van der Waals surface area (Å²) in [6.07, 6.45) is 6.09. The molecule has 0 aliphatic carbocycles. The molecule has 0 radical (unpaired) electrons. The van der Waals surface area contributed by atoms with Crippen molar-refractivity contribution in [3.63, 3.8) is 0 Å². The Balaban J connectivity index is 2.47. The summed E-state index contributed by atoms with van der Waals surface area (Å²) >= 11 is 0. The van der Waals surface area contributed by atoms with Crippen molar-refractivity contribution in [3.05, 3.63) is 22.6 Å². The number of aromatic nitrogens is 2. The maximum Gasteiger partial charge on any atom is 0.268 e. The Hall–Kier alpha value is -1.36. The van der Waals surface area contributed by atoms with E-state index in [-0.39, 0.29) is 5.56 Å². The number of aryl methyl sites for hydroxylation is 1. The molecular formula is C15H28N4O. The van der Waals surface area contributed by atoms with E-state index in [2.05, 4.69) is 24.3 Å². The topological polar surface area (TPSA) is 50.2 Å². The average molecular weight is 280 g/mol. The van der Waals surface area contributed by atoms with E-state index >= 15 is 0 Å². The molecule has 0 fully saturated rings. The number of hydrogen-bond donors (Lipinski definition) is 1. The molecule has 0 aliphatic heterocycles. The van der Waals surface area contributed by atoms with Crippen LogP contribution in [0.3, 0.4) is 0 Å². The minimum Gasteiger partial charge on any atom is -0.376 e. The van der Waals surface area contributed by atoms with Crippen LogP contribution < -0.4 is 15.8 Å². The van der Waals surface area contributed by atoms with Gasteiger partial charge in [0, 0.05) is 32.7 Å². The second kappa shape index (κ2) is 8.74.